The predicted octanol–water partition coefficient (Wildman–Crippen LogP) is -0.443. The smallest absolute Gasteiger partial charge is 0.328 e. The number of hydrogen-bond donors (Lipinski definition) is 6. The van der Waals surface area contributed by atoms with E-state index in [4.69, 9.17) is 0 Å². The molecule has 1 aliphatic heterocycles. The first-order valence-electron chi connectivity index (χ1n) is 11.2. The van der Waals surface area contributed by atoms with Gasteiger partial charge in [0.05, 0.1) is 12.1 Å². The van der Waals surface area contributed by atoms with Crippen LogP contribution < -0.4 is 21.3 Å². The molecule has 1 heterocycles. The molecule has 10 heteroatoms. The van der Waals surface area contributed by atoms with Gasteiger partial charge >= 0.3 is 5.97 Å². The van der Waals surface area contributed by atoms with E-state index in [0.717, 1.165) is 18.5 Å². The summed E-state index contributed by atoms with van der Waals surface area (Å²) in [5.41, 5.74) is 0.752. The van der Waals surface area contributed by atoms with Crippen molar-refractivity contribution >= 4 is 23.7 Å². The van der Waals surface area contributed by atoms with Gasteiger partial charge in [-0.2, -0.15) is 0 Å². The molecule has 0 radical (unpaired) electrons. The first-order valence-corrected chi connectivity index (χ1v) is 11.2. The van der Waals surface area contributed by atoms with Gasteiger partial charge in [0.15, 0.2) is 6.04 Å². The fraction of sp³-hybridized carbons (Fsp3) is 0.565. The summed E-state index contributed by atoms with van der Waals surface area (Å²) in [6.07, 6.45) is 0.339. The van der Waals surface area contributed by atoms with Crippen LogP contribution in [0.3, 0.4) is 0 Å². The number of aliphatic carboxylic acids is 1. The van der Waals surface area contributed by atoms with E-state index in [2.05, 4.69) is 21.3 Å². The van der Waals surface area contributed by atoms with Crippen molar-refractivity contribution in [1.29, 1.82) is 0 Å². The Morgan fingerprint density at radius 2 is 1.67 bits per heavy atom. The molecule has 5 unspecified atom stereocenters. The molecule has 0 aromatic heterocycles. The maximum Gasteiger partial charge on any atom is 0.328 e. The van der Waals surface area contributed by atoms with Gasteiger partial charge < -0.3 is 31.5 Å². The average molecular weight is 463 g/mol. The lowest BCUT2D eigenvalue weighted by molar-refractivity contribution is -0.145. The number of carbonyl (C=O) groups is 4. The fourth-order valence-electron chi connectivity index (χ4n) is 3.66. The number of carbonyl (C=O) groups excluding carboxylic acids is 3. The molecule has 3 amide bonds. The fourth-order valence-corrected chi connectivity index (χ4v) is 3.66. The SMILES string of the molecule is CC(C)C(NC(=O)C1CCCN1)C(=O)NC(Cc1ccccc1)C(=O)NC(C(=O)O)C(C)O. The second-order valence-corrected chi connectivity index (χ2v) is 8.70. The van der Waals surface area contributed by atoms with E-state index in [-0.39, 0.29) is 24.3 Å². The van der Waals surface area contributed by atoms with Crippen molar-refractivity contribution in [3.8, 4) is 0 Å². The summed E-state index contributed by atoms with van der Waals surface area (Å²) in [5, 5.41) is 29.8. The van der Waals surface area contributed by atoms with Crippen molar-refractivity contribution in [3.63, 3.8) is 0 Å². The van der Waals surface area contributed by atoms with Gasteiger partial charge in [0.2, 0.25) is 17.7 Å². The number of carboxylic acid groups (broad SMARTS) is 1. The average Bonchev–Trinajstić information content (AvgIpc) is 3.30. The topological polar surface area (TPSA) is 157 Å². The van der Waals surface area contributed by atoms with Gasteiger partial charge in [-0.05, 0) is 37.8 Å². The number of nitrogens with one attached hydrogen (secondary N) is 4. The van der Waals surface area contributed by atoms with Gasteiger partial charge in [-0.3, -0.25) is 14.4 Å². The van der Waals surface area contributed by atoms with Crippen LogP contribution in [0.1, 0.15) is 39.2 Å². The van der Waals surface area contributed by atoms with Crippen LogP contribution in [0, 0.1) is 5.92 Å². The van der Waals surface area contributed by atoms with Crippen molar-refractivity contribution in [3.05, 3.63) is 35.9 Å². The molecule has 6 N–H and O–H groups in total. The van der Waals surface area contributed by atoms with Crippen molar-refractivity contribution < 1.29 is 29.4 Å². The third-order valence-corrected chi connectivity index (χ3v) is 5.59. The largest absolute Gasteiger partial charge is 0.480 e. The molecule has 0 bridgehead atoms. The molecule has 1 fully saturated rings. The van der Waals surface area contributed by atoms with E-state index in [0.29, 0.717) is 6.42 Å². The van der Waals surface area contributed by atoms with Crippen molar-refractivity contribution in [2.75, 3.05) is 6.54 Å². The quantitative estimate of drug-likeness (QED) is 0.260. The minimum Gasteiger partial charge on any atom is -0.480 e. The third kappa shape index (κ3) is 7.83. The molecule has 182 valence electrons. The number of aliphatic hydroxyl groups is 1. The van der Waals surface area contributed by atoms with E-state index < -0.39 is 42.0 Å². The van der Waals surface area contributed by atoms with Crippen LogP contribution in [-0.4, -0.2) is 70.7 Å². The summed E-state index contributed by atoms with van der Waals surface area (Å²) < 4.78 is 0. The van der Waals surface area contributed by atoms with Crippen LogP contribution in [0.2, 0.25) is 0 Å². The molecule has 2 rings (SSSR count). The van der Waals surface area contributed by atoms with Crippen molar-refractivity contribution in [2.24, 2.45) is 5.92 Å². The molecule has 0 spiro atoms. The van der Waals surface area contributed by atoms with Crippen LogP contribution >= 0.6 is 0 Å². The second-order valence-electron chi connectivity index (χ2n) is 8.70. The second kappa shape index (κ2) is 12.3. The van der Waals surface area contributed by atoms with Crippen LogP contribution in [-0.2, 0) is 25.6 Å². The third-order valence-electron chi connectivity index (χ3n) is 5.59. The predicted molar refractivity (Wildman–Crippen MR) is 121 cm³/mol. The van der Waals surface area contributed by atoms with E-state index in [9.17, 15) is 29.4 Å². The monoisotopic (exact) mass is 462 g/mol. The lowest BCUT2D eigenvalue weighted by atomic mass is 10.00. The zero-order chi connectivity index (χ0) is 24.5. The molecule has 1 aliphatic rings. The normalized spacial score (nSPS) is 19.2. The standard InChI is InChI=1S/C23H34N4O6/c1-13(2)18(26-20(29)16-10-7-11-24-16)22(31)25-17(12-15-8-5-4-6-9-15)21(30)27-19(14(3)28)23(32)33/h4-6,8-9,13-14,16-19,24,28H,7,10-12H2,1-3H3,(H,25,31)(H,26,29)(H,27,30)(H,32,33). The van der Waals surface area contributed by atoms with E-state index in [1.807, 2.05) is 6.07 Å². The number of rotatable bonds is 11. The van der Waals surface area contributed by atoms with Crippen molar-refractivity contribution in [2.45, 2.75) is 70.3 Å². The van der Waals surface area contributed by atoms with Gasteiger partial charge in [-0.15, -0.1) is 0 Å². The maximum atomic E-state index is 13.1. The molecule has 0 saturated carbocycles. The molecule has 5 atom stereocenters. The molecular weight excluding hydrogens is 428 g/mol. The van der Waals surface area contributed by atoms with Crippen LogP contribution in [0.4, 0.5) is 0 Å². The molecule has 33 heavy (non-hydrogen) atoms. The van der Waals surface area contributed by atoms with E-state index in [1.54, 1.807) is 38.1 Å². The van der Waals surface area contributed by atoms with Gasteiger partial charge in [0, 0.05) is 6.42 Å². The number of aliphatic hydroxyl groups excluding tert-OH is 1. The summed E-state index contributed by atoms with van der Waals surface area (Å²) in [4.78, 5) is 50.0. The maximum absolute atomic E-state index is 13.1. The number of carboxylic acids is 1. The summed E-state index contributed by atoms with van der Waals surface area (Å²) in [7, 11) is 0. The first kappa shape index (κ1) is 26.3. The van der Waals surface area contributed by atoms with Gasteiger partial charge in [0.25, 0.3) is 0 Å². The van der Waals surface area contributed by atoms with E-state index in [1.165, 1.54) is 6.92 Å². The molecule has 1 saturated heterocycles. The van der Waals surface area contributed by atoms with Crippen molar-refractivity contribution in [1.82, 2.24) is 21.3 Å². The Morgan fingerprint density at radius 3 is 2.18 bits per heavy atom. The Bertz CT molecular complexity index is 824. The Morgan fingerprint density at radius 1 is 1.00 bits per heavy atom. The molecule has 1 aromatic rings. The summed E-state index contributed by atoms with van der Waals surface area (Å²) >= 11 is 0. The summed E-state index contributed by atoms with van der Waals surface area (Å²) in [6.45, 7) is 5.56. The summed E-state index contributed by atoms with van der Waals surface area (Å²) in [6, 6.07) is 5.08. The minimum atomic E-state index is -1.53. The number of amides is 3. The molecular formula is C23H34N4O6. The lowest BCUT2D eigenvalue weighted by Gasteiger charge is -2.27. The molecule has 10 nitrogen and oxygen atoms in total. The first-order chi connectivity index (χ1) is 15.6. The number of benzene rings is 1. The lowest BCUT2D eigenvalue weighted by Crippen LogP contribution is -2.59. The summed E-state index contributed by atoms with van der Waals surface area (Å²) in [5.74, 6) is -3.20. The highest BCUT2D eigenvalue weighted by Crippen LogP contribution is 2.10. The highest BCUT2D eigenvalue weighted by atomic mass is 16.4. The van der Waals surface area contributed by atoms with Gasteiger partial charge in [-0.1, -0.05) is 44.2 Å². The zero-order valence-corrected chi connectivity index (χ0v) is 19.2. The Labute approximate surface area is 193 Å². The highest BCUT2D eigenvalue weighted by molar-refractivity contribution is 5.94. The van der Waals surface area contributed by atoms with Crippen LogP contribution in [0.15, 0.2) is 30.3 Å². The Balaban J connectivity index is 2.18. The molecule has 0 aliphatic carbocycles. The van der Waals surface area contributed by atoms with Crippen LogP contribution in [0.5, 0.6) is 0 Å². The Hall–Kier alpha value is -2.98. The number of hydrogen-bond acceptors (Lipinski definition) is 6. The van der Waals surface area contributed by atoms with Gasteiger partial charge in [-0.25, -0.2) is 4.79 Å². The molecule has 1 aromatic carbocycles. The van der Waals surface area contributed by atoms with Gasteiger partial charge in [0.1, 0.15) is 12.1 Å². The van der Waals surface area contributed by atoms with Crippen LogP contribution in [0.25, 0.3) is 0 Å². The zero-order valence-electron chi connectivity index (χ0n) is 19.2. The minimum absolute atomic E-state index is 0.105. The highest BCUT2D eigenvalue weighted by Gasteiger charge is 2.33. The Kier molecular flexibility index (Phi) is 9.80. The van der Waals surface area contributed by atoms with E-state index >= 15 is 0 Å².